The molecule has 98 valence electrons. The van der Waals surface area contributed by atoms with Crippen molar-refractivity contribution in [3.8, 4) is 0 Å². The smallest absolute Gasteiger partial charge is 0.162 e. The third kappa shape index (κ3) is 2.50. The van der Waals surface area contributed by atoms with Gasteiger partial charge in [0.25, 0.3) is 0 Å². The Kier molecular flexibility index (Phi) is 5.05. The van der Waals surface area contributed by atoms with Gasteiger partial charge in [-0.3, -0.25) is 0 Å². The highest BCUT2D eigenvalue weighted by molar-refractivity contribution is 6.35. The summed E-state index contributed by atoms with van der Waals surface area (Å²) in [5.41, 5.74) is 7.55. The Morgan fingerprint density at radius 1 is 1.44 bits per heavy atom. The van der Waals surface area contributed by atoms with Crippen molar-refractivity contribution >= 4 is 47.2 Å². The van der Waals surface area contributed by atoms with E-state index >= 15 is 0 Å². The van der Waals surface area contributed by atoms with Gasteiger partial charge < -0.3 is 15.8 Å². The molecular formula is C11H11Cl3N2O2. The van der Waals surface area contributed by atoms with Crippen molar-refractivity contribution in [3.05, 3.63) is 33.3 Å². The van der Waals surface area contributed by atoms with Gasteiger partial charge in [-0.2, -0.15) is 0 Å². The topological polar surface area (TPSA) is 64.3 Å². The molecule has 1 aliphatic heterocycles. The second-order valence-corrected chi connectivity index (χ2v) is 4.49. The van der Waals surface area contributed by atoms with E-state index in [9.17, 15) is 4.79 Å². The van der Waals surface area contributed by atoms with Gasteiger partial charge in [0.15, 0.2) is 6.23 Å². The molecule has 0 radical (unpaired) electrons. The van der Waals surface area contributed by atoms with Gasteiger partial charge in [-0.1, -0.05) is 23.2 Å². The summed E-state index contributed by atoms with van der Waals surface area (Å²) in [6, 6.07) is 2.63. The van der Waals surface area contributed by atoms with Gasteiger partial charge in [0.1, 0.15) is 5.94 Å². The van der Waals surface area contributed by atoms with Crippen LogP contribution >= 0.6 is 35.6 Å². The molecule has 0 saturated heterocycles. The minimum Gasteiger partial charge on any atom is -0.357 e. The molecule has 1 heterocycles. The lowest BCUT2D eigenvalue weighted by atomic mass is 9.93. The number of fused-ring (bicyclic) bond motifs is 1. The van der Waals surface area contributed by atoms with Crippen molar-refractivity contribution in [1.29, 1.82) is 0 Å². The summed E-state index contributed by atoms with van der Waals surface area (Å²) in [6.45, 7) is 0. The van der Waals surface area contributed by atoms with Crippen molar-refractivity contribution in [3.63, 3.8) is 0 Å². The molecule has 1 aromatic rings. The van der Waals surface area contributed by atoms with E-state index in [1.54, 1.807) is 18.1 Å². The lowest BCUT2D eigenvalue weighted by molar-refractivity contribution is 0.147. The molecule has 1 aromatic carbocycles. The van der Waals surface area contributed by atoms with Gasteiger partial charge in [0.2, 0.25) is 0 Å². The number of halogens is 3. The van der Waals surface area contributed by atoms with E-state index in [0.717, 1.165) is 0 Å². The fraction of sp³-hybridized carbons (Fsp3) is 0.273. The Morgan fingerprint density at radius 2 is 2.11 bits per heavy atom. The molecule has 0 unspecified atom stereocenters. The average Bonchev–Trinajstić information content (AvgIpc) is 2.27. The molecule has 1 aliphatic rings. The number of benzene rings is 1. The first-order valence-corrected chi connectivity index (χ1v) is 5.62. The van der Waals surface area contributed by atoms with Crippen LogP contribution in [0.15, 0.2) is 17.7 Å². The normalized spacial score (nSPS) is 21.4. The van der Waals surface area contributed by atoms with E-state index in [-0.39, 0.29) is 18.0 Å². The van der Waals surface area contributed by atoms with Crippen LogP contribution in [0.3, 0.4) is 0 Å². The summed E-state index contributed by atoms with van der Waals surface area (Å²) < 4.78 is 5.12. The maximum atomic E-state index is 10.9. The number of nitrogens with one attached hydrogen (secondary N) is 1. The highest BCUT2D eigenvalue weighted by Crippen LogP contribution is 2.40. The number of methoxy groups -OCH3 is 1. The summed E-state index contributed by atoms with van der Waals surface area (Å²) in [5, 5.41) is 3.89. The quantitative estimate of drug-likeness (QED) is 0.783. The van der Waals surface area contributed by atoms with Crippen LogP contribution in [0.25, 0.3) is 0 Å². The van der Waals surface area contributed by atoms with Crippen molar-refractivity contribution in [2.75, 3.05) is 12.4 Å². The van der Waals surface area contributed by atoms with E-state index < -0.39 is 12.3 Å². The predicted octanol–water partition coefficient (Wildman–Crippen LogP) is 2.57. The predicted molar refractivity (Wildman–Crippen MR) is 74.3 cm³/mol. The SMILES string of the molecule is CO[C@@H]1Nc2cc(Cl)cc(Cl)c2[C@@H](N)C1=C=O.Cl. The Labute approximate surface area is 120 Å². The van der Waals surface area contributed by atoms with Gasteiger partial charge in [-0.05, 0) is 12.1 Å². The van der Waals surface area contributed by atoms with Crippen LogP contribution in [0.5, 0.6) is 0 Å². The number of ether oxygens (including phenoxy) is 1. The maximum Gasteiger partial charge on any atom is 0.162 e. The number of nitrogens with two attached hydrogens (primary N) is 1. The molecule has 0 saturated carbocycles. The number of hydrogen-bond acceptors (Lipinski definition) is 4. The Bertz CT molecular complexity index is 515. The first-order chi connectivity index (χ1) is 8.08. The van der Waals surface area contributed by atoms with E-state index in [1.165, 1.54) is 7.11 Å². The fourth-order valence-electron chi connectivity index (χ4n) is 1.86. The van der Waals surface area contributed by atoms with E-state index in [4.69, 9.17) is 33.7 Å². The highest BCUT2D eigenvalue weighted by atomic mass is 35.5. The van der Waals surface area contributed by atoms with Crippen LogP contribution in [0, 0.1) is 0 Å². The van der Waals surface area contributed by atoms with Crippen LogP contribution < -0.4 is 11.1 Å². The third-order valence-corrected chi connectivity index (χ3v) is 3.19. The van der Waals surface area contributed by atoms with Gasteiger partial charge in [0, 0.05) is 28.4 Å². The summed E-state index contributed by atoms with van der Waals surface area (Å²) in [6.07, 6.45) is -0.607. The summed E-state index contributed by atoms with van der Waals surface area (Å²) in [7, 11) is 1.47. The zero-order chi connectivity index (χ0) is 12.6. The van der Waals surface area contributed by atoms with Crippen molar-refractivity contribution in [2.24, 2.45) is 5.73 Å². The zero-order valence-corrected chi connectivity index (χ0v) is 11.7. The molecule has 3 N–H and O–H groups in total. The summed E-state index contributed by atoms with van der Waals surface area (Å²) in [4.78, 5) is 10.9. The van der Waals surface area contributed by atoms with Gasteiger partial charge in [-0.15, -0.1) is 12.4 Å². The molecule has 0 aliphatic carbocycles. The Morgan fingerprint density at radius 3 is 2.67 bits per heavy atom. The summed E-state index contributed by atoms with van der Waals surface area (Å²) in [5.74, 6) is 1.80. The summed E-state index contributed by atoms with van der Waals surface area (Å²) >= 11 is 12.0. The van der Waals surface area contributed by atoms with Gasteiger partial charge in [-0.25, -0.2) is 4.79 Å². The third-order valence-electron chi connectivity index (χ3n) is 2.66. The monoisotopic (exact) mass is 308 g/mol. The number of hydrogen-bond donors (Lipinski definition) is 2. The van der Waals surface area contributed by atoms with E-state index in [2.05, 4.69) is 5.32 Å². The van der Waals surface area contributed by atoms with Crippen LogP contribution in [0.1, 0.15) is 11.6 Å². The standard InChI is InChI=1S/C11H10Cl2N2O2.ClH/c1-17-11-6(4-16)10(14)9-7(13)2-5(12)3-8(9)15-11;/h2-3,10-11,15H,14H2,1H3;1H/t10-,11-;/m0./s1. The molecule has 0 fully saturated rings. The lowest BCUT2D eigenvalue weighted by Crippen LogP contribution is -2.36. The molecule has 0 amide bonds. The van der Waals surface area contributed by atoms with E-state index in [1.807, 2.05) is 0 Å². The molecule has 0 aromatic heterocycles. The molecule has 4 nitrogen and oxygen atoms in total. The maximum absolute atomic E-state index is 10.9. The second-order valence-electron chi connectivity index (χ2n) is 3.64. The van der Waals surface area contributed by atoms with Crippen molar-refractivity contribution in [2.45, 2.75) is 12.3 Å². The van der Waals surface area contributed by atoms with Gasteiger partial charge >= 0.3 is 0 Å². The average molecular weight is 310 g/mol. The Balaban J connectivity index is 0.00000162. The molecule has 7 heteroatoms. The van der Waals surface area contributed by atoms with Crippen molar-refractivity contribution < 1.29 is 9.53 Å². The Hall–Kier alpha value is -0.740. The van der Waals surface area contributed by atoms with Gasteiger partial charge in [0.05, 0.1) is 11.6 Å². The molecule has 2 rings (SSSR count). The molecule has 18 heavy (non-hydrogen) atoms. The minimum atomic E-state index is -0.640. The number of carbonyl (C=O) groups excluding carboxylic acids is 1. The molecular weight excluding hydrogens is 298 g/mol. The molecule has 2 atom stereocenters. The highest BCUT2D eigenvalue weighted by Gasteiger charge is 2.32. The number of anilines is 1. The fourth-order valence-corrected chi connectivity index (χ4v) is 2.47. The van der Waals surface area contributed by atoms with Crippen LogP contribution in [0.2, 0.25) is 10.0 Å². The zero-order valence-electron chi connectivity index (χ0n) is 9.37. The second kappa shape index (κ2) is 5.93. The first-order valence-electron chi connectivity index (χ1n) is 4.87. The first kappa shape index (κ1) is 15.3. The number of rotatable bonds is 1. The van der Waals surface area contributed by atoms with Crippen LogP contribution in [-0.2, 0) is 9.53 Å². The van der Waals surface area contributed by atoms with Crippen molar-refractivity contribution in [1.82, 2.24) is 0 Å². The lowest BCUT2D eigenvalue weighted by Gasteiger charge is -2.31. The molecule has 0 spiro atoms. The minimum absolute atomic E-state index is 0. The van der Waals surface area contributed by atoms with Crippen LogP contribution in [-0.4, -0.2) is 19.3 Å². The largest absolute Gasteiger partial charge is 0.357 e. The van der Waals surface area contributed by atoms with E-state index in [0.29, 0.717) is 21.3 Å². The van der Waals surface area contributed by atoms with Crippen LogP contribution in [0.4, 0.5) is 5.69 Å². The molecule has 0 bridgehead atoms.